The molecule has 2 N–H and O–H groups in total. The van der Waals surface area contributed by atoms with E-state index in [1.165, 1.54) is 6.07 Å². The molecule has 1 aliphatic heterocycles. The van der Waals surface area contributed by atoms with E-state index in [-0.39, 0.29) is 17.1 Å². The monoisotopic (exact) mass is 472 g/mol. The summed E-state index contributed by atoms with van der Waals surface area (Å²) in [6.07, 6.45) is -3.86. The molecule has 0 aliphatic carbocycles. The molecule has 1 aliphatic rings. The Labute approximate surface area is 199 Å². The third kappa shape index (κ3) is 4.33. The summed E-state index contributed by atoms with van der Waals surface area (Å²) in [6.45, 7) is 0. The molecule has 5 rings (SSSR count). The normalized spacial score (nSPS) is 12.9. The summed E-state index contributed by atoms with van der Waals surface area (Å²) in [6, 6.07) is 26.9. The topological polar surface area (TPSA) is 60.7 Å². The number of rotatable bonds is 4. The lowest BCUT2D eigenvalue weighted by Gasteiger charge is -2.34. The number of benzene rings is 4. The van der Waals surface area contributed by atoms with Crippen LogP contribution in [-0.2, 0) is 6.18 Å². The second-order valence-electron chi connectivity index (χ2n) is 7.70. The van der Waals surface area contributed by atoms with Crippen LogP contribution in [0.4, 0.5) is 35.9 Å². The van der Waals surface area contributed by atoms with Crippen LogP contribution in [0.1, 0.15) is 11.1 Å². The minimum absolute atomic E-state index is 0.0432. The predicted molar refractivity (Wildman–Crippen MR) is 132 cm³/mol. The van der Waals surface area contributed by atoms with Gasteiger partial charge in [0.1, 0.15) is 12.2 Å². The van der Waals surface area contributed by atoms with Crippen LogP contribution < -0.4 is 15.0 Å². The van der Waals surface area contributed by atoms with Gasteiger partial charge in [-0.2, -0.15) is 13.2 Å². The highest BCUT2D eigenvalue weighted by Gasteiger charge is 2.38. The average molecular weight is 472 g/mol. The van der Waals surface area contributed by atoms with Gasteiger partial charge in [-0.1, -0.05) is 42.5 Å². The van der Waals surface area contributed by atoms with Gasteiger partial charge in [0.25, 0.3) is 0 Å². The molecule has 8 heteroatoms. The fourth-order valence-electron chi connectivity index (χ4n) is 3.97. The summed E-state index contributed by atoms with van der Waals surface area (Å²) in [5.74, 6) is 1.05. The molecule has 0 aromatic heterocycles. The molecule has 0 radical (unpaired) electrons. The van der Waals surface area contributed by atoms with Crippen molar-refractivity contribution in [1.82, 2.24) is 0 Å². The number of nitrogens with one attached hydrogen (secondary N) is 2. The number of fused-ring (bicyclic) bond motifs is 2. The van der Waals surface area contributed by atoms with E-state index in [4.69, 9.17) is 10.1 Å². The third-order valence-electron chi connectivity index (χ3n) is 5.48. The van der Waals surface area contributed by atoms with Gasteiger partial charge in [0, 0.05) is 11.3 Å². The van der Waals surface area contributed by atoms with Crippen molar-refractivity contribution in [2.24, 2.45) is 4.99 Å². The molecule has 0 bridgehead atoms. The molecular formula is C27H19F3N4O. The van der Waals surface area contributed by atoms with Gasteiger partial charge < -0.3 is 15.0 Å². The van der Waals surface area contributed by atoms with Crippen molar-refractivity contribution in [1.29, 1.82) is 5.41 Å². The number of halogens is 3. The zero-order valence-corrected chi connectivity index (χ0v) is 18.3. The summed E-state index contributed by atoms with van der Waals surface area (Å²) in [5.41, 5.74) is 0.956. The number of ether oxygens (including phenoxy) is 1. The minimum atomic E-state index is -4.66. The maximum absolute atomic E-state index is 14.4. The molecule has 0 atom stereocenters. The lowest BCUT2D eigenvalue weighted by molar-refractivity contribution is -0.137. The van der Waals surface area contributed by atoms with Crippen LogP contribution in [0.25, 0.3) is 0 Å². The van der Waals surface area contributed by atoms with E-state index in [1.54, 1.807) is 83.8 Å². The van der Waals surface area contributed by atoms with Crippen LogP contribution in [0.3, 0.4) is 0 Å². The van der Waals surface area contributed by atoms with E-state index in [0.717, 1.165) is 12.4 Å². The van der Waals surface area contributed by atoms with Gasteiger partial charge in [-0.25, -0.2) is 4.99 Å². The fraction of sp³-hybridized carbons (Fsp3) is 0.0370. The summed E-state index contributed by atoms with van der Waals surface area (Å²) in [7, 11) is 0. The Hall–Kier alpha value is -4.59. The zero-order valence-electron chi connectivity index (χ0n) is 18.3. The number of hydrogen-bond acceptors (Lipinski definition) is 3. The predicted octanol–water partition coefficient (Wildman–Crippen LogP) is 7.75. The Bertz CT molecular complexity index is 1370. The van der Waals surface area contributed by atoms with Gasteiger partial charge in [-0.05, 0) is 54.6 Å². The van der Waals surface area contributed by atoms with Crippen molar-refractivity contribution in [2.45, 2.75) is 6.18 Å². The molecule has 0 fully saturated rings. The maximum atomic E-state index is 14.4. The van der Waals surface area contributed by atoms with Crippen molar-refractivity contribution in [3.63, 3.8) is 0 Å². The number of amidine groups is 1. The SMILES string of the molecule is N=C/N=C(\Nc1ccccc1)c1ccc(N2c3ccccc3Oc3ccccc32)c(C(F)(F)F)c1. The smallest absolute Gasteiger partial charge is 0.418 e. The van der Waals surface area contributed by atoms with Crippen molar-refractivity contribution in [2.75, 3.05) is 10.2 Å². The van der Waals surface area contributed by atoms with E-state index in [9.17, 15) is 13.2 Å². The van der Waals surface area contributed by atoms with E-state index >= 15 is 0 Å². The molecule has 174 valence electrons. The number of para-hydroxylation sites is 5. The number of nitrogens with zero attached hydrogens (tertiary/aromatic N) is 2. The molecule has 5 nitrogen and oxygen atoms in total. The molecule has 0 spiro atoms. The Morgan fingerprint density at radius 1 is 0.800 bits per heavy atom. The van der Waals surface area contributed by atoms with Gasteiger partial charge >= 0.3 is 6.18 Å². The molecule has 0 amide bonds. The Balaban J connectivity index is 1.67. The Kier molecular flexibility index (Phi) is 5.70. The van der Waals surface area contributed by atoms with Crippen LogP contribution >= 0.6 is 0 Å². The van der Waals surface area contributed by atoms with Crippen LogP contribution in [-0.4, -0.2) is 12.2 Å². The van der Waals surface area contributed by atoms with Crippen LogP contribution in [0.2, 0.25) is 0 Å². The number of aliphatic imine (C=N–C) groups is 1. The standard InChI is InChI=1S/C27H19F3N4O/c28-27(29,30)20-16-18(26(32-17-31)33-19-8-2-1-3-9-19)14-15-21(20)34-22-10-4-6-12-24(22)35-25-13-7-5-11-23(25)34/h1-17H,(H2,31,32,33). The average Bonchev–Trinajstić information content (AvgIpc) is 2.87. The molecule has 1 heterocycles. The number of anilines is 4. The van der Waals surface area contributed by atoms with Gasteiger partial charge in [-0.15, -0.1) is 0 Å². The first kappa shape index (κ1) is 22.2. The number of hydrogen-bond donors (Lipinski definition) is 2. The van der Waals surface area contributed by atoms with E-state index in [2.05, 4.69) is 10.3 Å². The molecule has 0 saturated carbocycles. The zero-order chi connectivity index (χ0) is 24.4. The first-order valence-electron chi connectivity index (χ1n) is 10.7. The molecule has 35 heavy (non-hydrogen) atoms. The molecule has 4 aromatic carbocycles. The van der Waals surface area contributed by atoms with E-state index in [1.807, 2.05) is 6.07 Å². The van der Waals surface area contributed by atoms with Crippen molar-refractivity contribution >= 4 is 34.9 Å². The second kappa shape index (κ2) is 8.98. The third-order valence-corrected chi connectivity index (χ3v) is 5.48. The maximum Gasteiger partial charge on any atom is 0.418 e. The first-order valence-corrected chi connectivity index (χ1v) is 10.7. The van der Waals surface area contributed by atoms with Gasteiger partial charge in [0.15, 0.2) is 11.5 Å². The second-order valence-corrected chi connectivity index (χ2v) is 7.70. The number of alkyl halides is 3. The Morgan fingerprint density at radius 2 is 1.40 bits per heavy atom. The first-order chi connectivity index (χ1) is 17.0. The molecular weight excluding hydrogens is 453 g/mol. The van der Waals surface area contributed by atoms with Crippen molar-refractivity contribution in [3.05, 3.63) is 108 Å². The highest BCUT2D eigenvalue weighted by Crippen LogP contribution is 2.52. The van der Waals surface area contributed by atoms with Gasteiger partial charge in [0.2, 0.25) is 0 Å². The quantitative estimate of drug-likeness (QED) is 0.208. The fourth-order valence-corrected chi connectivity index (χ4v) is 3.97. The highest BCUT2D eigenvalue weighted by atomic mass is 19.4. The van der Waals surface area contributed by atoms with E-state index in [0.29, 0.717) is 28.6 Å². The Morgan fingerprint density at radius 3 is 2.00 bits per heavy atom. The lowest BCUT2D eigenvalue weighted by Crippen LogP contribution is -2.21. The van der Waals surface area contributed by atoms with Crippen molar-refractivity contribution < 1.29 is 17.9 Å². The molecule has 0 unspecified atom stereocenters. The van der Waals surface area contributed by atoms with Crippen LogP contribution in [0.15, 0.2) is 102 Å². The van der Waals surface area contributed by atoms with Crippen LogP contribution in [0, 0.1) is 5.41 Å². The lowest BCUT2D eigenvalue weighted by atomic mass is 10.0. The van der Waals surface area contributed by atoms with E-state index < -0.39 is 11.7 Å². The largest absolute Gasteiger partial charge is 0.453 e. The summed E-state index contributed by atoms with van der Waals surface area (Å²) in [5, 5.41) is 10.4. The highest BCUT2D eigenvalue weighted by molar-refractivity contribution is 6.11. The summed E-state index contributed by atoms with van der Waals surface area (Å²) in [4.78, 5) is 5.53. The van der Waals surface area contributed by atoms with Gasteiger partial charge in [0.05, 0.1) is 22.6 Å². The minimum Gasteiger partial charge on any atom is -0.453 e. The summed E-state index contributed by atoms with van der Waals surface area (Å²) < 4.78 is 49.3. The van der Waals surface area contributed by atoms with Crippen molar-refractivity contribution in [3.8, 4) is 11.5 Å². The van der Waals surface area contributed by atoms with Gasteiger partial charge in [-0.3, -0.25) is 5.41 Å². The van der Waals surface area contributed by atoms with Crippen LogP contribution in [0.5, 0.6) is 11.5 Å². The molecule has 4 aromatic rings. The molecule has 0 saturated heterocycles. The summed E-state index contributed by atoms with van der Waals surface area (Å²) >= 11 is 0.